The van der Waals surface area contributed by atoms with Gasteiger partial charge in [0.25, 0.3) is 0 Å². The first-order chi connectivity index (χ1) is 19.8. The van der Waals surface area contributed by atoms with E-state index in [1.165, 1.54) is 27.8 Å². The van der Waals surface area contributed by atoms with Crippen molar-refractivity contribution in [2.24, 2.45) is 22.3 Å². The van der Waals surface area contributed by atoms with E-state index in [1.807, 2.05) is 27.7 Å². The summed E-state index contributed by atoms with van der Waals surface area (Å²) < 4.78 is 0. The average molecular weight is 559 g/mol. The predicted molar refractivity (Wildman–Crippen MR) is 170 cm³/mol. The number of nitrogens with two attached hydrogens (primary N) is 2. The van der Waals surface area contributed by atoms with Crippen LogP contribution in [0.1, 0.15) is 80.0 Å². The minimum Gasteiger partial charge on any atom is -0.369 e. The molecule has 216 valence electrons. The zero-order valence-corrected chi connectivity index (χ0v) is 25.4. The Morgan fingerprint density at radius 2 is 1.00 bits per heavy atom. The van der Waals surface area contributed by atoms with Gasteiger partial charge in [0, 0.05) is 21.7 Å². The molecular formula is C38H42N2O2. The van der Waals surface area contributed by atoms with Crippen LogP contribution in [-0.2, 0) is 33.3 Å². The summed E-state index contributed by atoms with van der Waals surface area (Å²) in [6.45, 7) is 9.93. The number of hydrogen-bond acceptors (Lipinski definition) is 2. The molecule has 2 amide bonds. The van der Waals surface area contributed by atoms with E-state index in [-0.39, 0.29) is 22.6 Å². The lowest BCUT2D eigenvalue weighted by atomic mass is 9.67. The first-order valence-electron chi connectivity index (χ1n) is 14.7. The molecule has 0 spiro atoms. The van der Waals surface area contributed by atoms with E-state index >= 15 is 0 Å². The Balaban J connectivity index is 1.61. The quantitative estimate of drug-likeness (QED) is 0.236. The molecule has 4 aromatic carbocycles. The van der Waals surface area contributed by atoms with Crippen LogP contribution in [0.4, 0.5) is 0 Å². The largest absolute Gasteiger partial charge is 0.369 e. The van der Waals surface area contributed by atoms with Crippen molar-refractivity contribution in [1.29, 1.82) is 0 Å². The Morgan fingerprint density at radius 3 is 1.48 bits per heavy atom. The third-order valence-corrected chi connectivity index (χ3v) is 9.53. The first kappa shape index (κ1) is 29.3. The normalized spacial score (nSPS) is 20.2. The second-order valence-corrected chi connectivity index (χ2v) is 13.6. The summed E-state index contributed by atoms with van der Waals surface area (Å²) in [5.74, 6) is -0.586. The molecule has 5 rings (SSSR count). The highest BCUT2D eigenvalue weighted by Gasteiger charge is 2.52. The molecular weight excluding hydrogens is 516 g/mol. The van der Waals surface area contributed by atoms with E-state index in [0.717, 1.165) is 17.5 Å². The number of benzene rings is 4. The van der Waals surface area contributed by atoms with Gasteiger partial charge in [-0.2, -0.15) is 0 Å². The Hall–Kier alpha value is -4.18. The van der Waals surface area contributed by atoms with Crippen molar-refractivity contribution in [3.63, 3.8) is 0 Å². The molecule has 4 nitrogen and oxygen atoms in total. The molecule has 4 N–H and O–H groups in total. The van der Waals surface area contributed by atoms with E-state index in [9.17, 15) is 9.59 Å². The van der Waals surface area contributed by atoms with Gasteiger partial charge in [-0.05, 0) is 58.2 Å². The van der Waals surface area contributed by atoms with Gasteiger partial charge in [0.15, 0.2) is 0 Å². The van der Waals surface area contributed by atoms with Crippen molar-refractivity contribution >= 4 is 11.8 Å². The number of carbonyl (C=O) groups is 2. The zero-order valence-electron chi connectivity index (χ0n) is 25.4. The fourth-order valence-corrected chi connectivity index (χ4v) is 6.81. The molecule has 2 atom stereocenters. The number of amides is 2. The van der Waals surface area contributed by atoms with E-state index in [1.54, 1.807) is 0 Å². The molecule has 4 heteroatoms. The molecule has 0 saturated carbocycles. The molecule has 0 fully saturated rings. The van der Waals surface area contributed by atoms with Crippen LogP contribution in [0.3, 0.4) is 0 Å². The topological polar surface area (TPSA) is 86.2 Å². The van der Waals surface area contributed by atoms with Gasteiger partial charge in [0.1, 0.15) is 0 Å². The monoisotopic (exact) mass is 558 g/mol. The molecule has 1 aliphatic rings. The number of hydrogen-bond donors (Lipinski definition) is 2. The highest BCUT2D eigenvalue weighted by molar-refractivity contribution is 5.80. The lowest BCUT2D eigenvalue weighted by Crippen LogP contribution is -2.33. The number of fused-ring (bicyclic) bond motifs is 1. The summed E-state index contributed by atoms with van der Waals surface area (Å²) in [4.78, 5) is 24.0. The summed E-state index contributed by atoms with van der Waals surface area (Å²) >= 11 is 0. The van der Waals surface area contributed by atoms with Gasteiger partial charge in [0.2, 0.25) is 11.8 Å². The fourth-order valence-electron chi connectivity index (χ4n) is 6.81. The number of carbonyl (C=O) groups excluding carboxylic acids is 2. The maximum atomic E-state index is 12.0. The van der Waals surface area contributed by atoms with Crippen LogP contribution >= 0.6 is 0 Å². The van der Waals surface area contributed by atoms with Gasteiger partial charge >= 0.3 is 0 Å². The highest BCUT2D eigenvalue weighted by atomic mass is 16.1. The Kier molecular flexibility index (Phi) is 7.39. The smallest absolute Gasteiger partial charge is 0.223 e. The third kappa shape index (κ3) is 5.04. The molecule has 0 bridgehead atoms. The van der Waals surface area contributed by atoms with Crippen LogP contribution in [0.25, 0.3) is 0 Å². The van der Waals surface area contributed by atoms with Gasteiger partial charge in [-0.1, -0.05) is 138 Å². The third-order valence-electron chi connectivity index (χ3n) is 9.53. The van der Waals surface area contributed by atoms with Gasteiger partial charge < -0.3 is 11.5 Å². The second-order valence-electron chi connectivity index (χ2n) is 13.6. The molecule has 0 aromatic heterocycles. The zero-order chi connectivity index (χ0) is 30.3. The molecule has 42 heavy (non-hydrogen) atoms. The minimum absolute atomic E-state index is 0.253. The molecule has 0 aliphatic heterocycles. The van der Waals surface area contributed by atoms with Crippen molar-refractivity contribution in [1.82, 2.24) is 0 Å². The summed E-state index contributed by atoms with van der Waals surface area (Å²) in [5, 5.41) is 0. The molecule has 2 unspecified atom stereocenters. The molecule has 0 radical (unpaired) electrons. The SMILES string of the molecule is CC(C)(Cc1ccc(C2(C)CC(c3ccccc3)(c3ccc(CC(C)(C)C(N)=O)cc3)c3ccccc32)cc1)C(N)=O. The van der Waals surface area contributed by atoms with Crippen LogP contribution in [0.5, 0.6) is 0 Å². The van der Waals surface area contributed by atoms with E-state index in [0.29, 0.717) is 12.8 Å². The van der Waals surface area contributed by atoms with Crippen molar-refractivity contribution in [2.75, 3.05) is 0 Å². The first-order valence-corrected chi connectivity index (χ1v) is 14.7. The van der Waals surface area contributed by atoms with Crippen LogP contribution < -0.4 is 11.5 Å². The second kappa shape index (κ2) is 10.6. The molecule has 4 aromatic rings. The predicted octanol–water partition coefficient (Wildman–Crippen LogP) is 6.84. The molecule has 0 saturated heterocycles. The van der Waals surface area contributed by atoms with Crippen LogP contribution in [0.2, 0.25) is 0 Å². The minimum atomic E-state index is -0.615. The summed E-state index contributed by atoms with van der Waals surface area (Å²) in [6, 6.07) is 37.1. The summed E-state index contributed by atoms with van der Waals surface area (Å²) in [5.41, 5.74) is 18.0. The average Bonchev–Trinajstić information content (AvgIpc) is 3.24. The van der Waals surface area contributed by atoms with Crippen LogP contribution in [0, 0.1) is 10.8 Å². The van der Waals surface area contributed by atoms with Gasteiger partial charge in [0.05, 0.1) is 0 Å². The van der Waals surface area contributed by atoms with Crippen molar-refractivity contribution in [2.45, 2.75) is 64.7 Å². The van der Waals surface area contributed by atoms with Crippen LogP contribution in [-0.4, -0.2) is 11.8 Å². The number of primary amides is 2. The standard InChI is InChI=1S/C38H42N2O2/c1-35(2,33(39)41)23-26-15-19-28(20-16-26)37(5)25-38(29-11-7-6-8-12-29,32-14-10-9-13-31(32)37)30-21-17-27(18-22-30)24-36(3,4)34(40)42/h6-22H,23-25H2,1-5H3,(H2,39,41)(H2,40,42). The van der Waals surface area contributed by atoms with Gasteiger partial charge in [-0.25, -0.2) is 0 Å². The lowest BCUT2D eigenvalue weighted by molar-refractivity contribution is -0.126. The Labute approximate surface area is 250 Å². The lowest BCUT2D eigenvalue weighted by Gasteiger charge is -2.35. The van der Waals surface area contributed by atoms with Crippen molar-refractivity contribution < 1.29 is 9.59 Å². The highest BCUT2D eigenvalue weighted by Crippen LogP contribution is 2.58. The van der Waals surface area contributed by atoms with Crippen molar-refractivity contribution in [3.8, 4) is 0 Å². The fraction of sp³-hybridized carbons (Fsp3) is 0.316. The maximum Gasteiger partial charge on any atom is 0.223 e. The summed E-state index contributed by atoms with van der Waals surface area (Å²) in [7, 11) is 0. The Bertz CT molecular complexity index is 1600. The maximum absolute atomic E-state index is 12.0. The summed E-state index contributed by atoms with van der Waals surface area (Å²) in [6.07, 6.45) is 2.05. The molecule has 1 aliphatic carbocycles. The Morgan fingerprint density at radius 1 is 0.595 bits per heavy atom. The van der Waals surface area contributed by atoms with Crippen molar-refractivity contribution in [3.05, 3.63) is 142 Å². The van der Waals surface area contributed by atoms with Gasteiger partial charge in [-0.3, -0.25) is 9.59 Å². The number of rotatable bonds is 9. The van der Waals surface area contributed by atoms with E-state index < -0.39 is 10.8 Å². The van der Waals surface area contributed by atoms with E-state index in [4.69, 9.17) is 11.5 Å². The van der Waals surface area contributed by atoms with Crippen LogP contribution in [0.15, 0.2) is 103 Å². The molecule has 0 heterocycles. The van der Waals surface area contributed by atoms with E-state index in [2.05, 4.69) is 110 Å². The van der Waals surface area contributed by atoms with Gasteiger partial charge in [-0.15, -0.1) is 0 Å².